The first-order chi connectivity index (χ1) is 27.6. The van der Waals surface area contributed by atoms with Crippen LogP contribution < -0.4 is 5.73 Å². The zero-order valence-corrected chi connectivity index (χ0v) is 38.2. The number of primary amides is 1. The van der Waals surface area contributed by atoms with Gasteiger partial charge in [0.05, 0.1) is 0 Å². The normalized spacial score (nSPS) is 11.5. The van der Waals surface area contributed by atoms with Crippen molar-refractivity contribution in [2.45, 2.75) is 321 Å². The molecule has 0 spiro atoms. The van der Waals surface area contributed by atoms with E-state index in [1.807, 2.05) is 0 Å². The Kier molecular flexibility index (Phi) is 49.1. The van der Waals surface area contributed by atoms with Gasteiger partial charge in [0.25, 0.3) is 0 Å². The number of hydrogen-bond donors (Lipinski definition) is 2. The van der Waals surface area contributed by atoms with Crippen LogP contribution in [0.1, 0.15) is 321 Å². The van der Waals surface area contributed by atoms with E-state index in [2.05, 4.69) is 0 Å². The van der Waals surface area contributed by atoms with Gasteiger partial charge in [0, 0.05) is 12.8 Å². The first-order valence-corrected chi connectivity index (χ1v) is 26.1. The van der Waals surface area contributed by atoms with Crippen LogP contribution in [0.5, 0.6) is 0 Å². The lowest BCUT2D eigenvalue weighted by Gasteiger charge is -2.05. The molecule has 0 unspecified atom stereocenters. The fraction of sp³-hybridized carbons (Fsp3) is 0.962. The summed E-state index contributed by atoms with van der Waals surface area (Å²) in [6.07, 6.45) is 68.0. The summed E-state index contributed by atoms with van der Waals surface area (Å²) in [6.45, 7) is 0. The van der Waals surface area contributed by atoms with Gasteiger partial charge >= 0.3 is 5.97 Å². The predicted octanol–water partition coefficient (Wildman–Crippen LogP) is 18.1. The molecule has 0 atom stereocenters. The van der Waals surface area contributed by atoms with Crippen LogP contribution in [0, 0.1) is 0 Å². The van der Waals surface area contributed by atoms with Crippen LogP contribution in [0.25, 0.3) is 0 Å². The molecule has 0 aromatic heterocycles. The van der Waals surface area contributed by atoms with Crippen LogP contribution >= 0.6 is 0 Å². The topological polar surface area (TPSA) is 80.4 Å². The average molecular weight is 790 g/mol. The minimum absolute atomic E-state index is 0.149. The van der Waals surface area contributed by atoms with Crippen LogP contribution in [-0.4, -0.2) is 17.0 Å². The lowest BCUT2D eigenvalue weighted by Crippen LogP contribution is -2.09. The highest BCUT2D eigenvalue weighted by Gasteiger charge is 2.00. The fourth-order valence-corrected chi connectivity index (χ4v) is 8.71. The van der Waals surface area contributed by atoms with E-state index >= 15 is 0 Å². The number of nitrogens with two attached hydrogens (primary N) is 1. The average Bonchev–Trinajstić information content (AvgIpc) is 3.18. The maximum absolute atomic E-state index is 10.7. The molecule has 0 bridgehead atoms. The van der Waals surface area contributed by atoms with Crippen LogP contribution in [-0.2, 0) is 9.59 Å². The Hall–Kier alpha value is -1.06. The smallest absolute Gasteiger partial charge is 0.303 e. The molecule has 1 amide bonds. The Morgan fingerprint density at radius 2 is 0.321 bits per heavy atom. The van der Waals surface area contributed by atoms with E-state index in [1.54, 1.807) is 0 Å². The van der Waals surface area contributed by atoms with Crippen LogP contribution in [0.2, 0.25) is 0 Å². The second-order valence-corrected chi connectivity index (χ2v) is 18.3. The molecule has 334 valence electrons. The van der Waals surface area contributed by atoms with Crippen molar-refractivity contribution in [3.63, 3.8) is 0 Å². The summed E-state index contributed by atoms with van der Waals surface area (Å²) < 4.78 is 0. The molecule has 0 aliphatic rings. The van der Waals surface area contributed by atoms with Gasteiger partial charge in [-0.15, -0.1) is 0 Å². The second kappa shape index (κ2) is 50.1. The summed E-state index contributed by atoms with van der Waals surface area (Å²) in [4.78, 5) is 21.3. The predicted molar refractivity (Wildman–Crippen MR) is 248 cm³/mol. The first kappa shape index (κ1) is 54.9. The van der Waals surface area contributed by atoms with Crippen LogP contribution in [0.15, 0.2) is 0 Å². The summed E-state index contributed by atoms with van der Waals surface area (Å²) in [6, 6.07) is 0. The molecule has 3 N–H and O–H groups in total. The van der Waals surface area contributed by atoms with Crippen molar-refractivity contribution in [2.75, 3.05) is 0 Å². The summed E-state index contributed by atoms with van der Waals surface area (Å²) in [5, 5.41) is 8.67. The van der Waals surface area contributed by atoms with Crippen molar-refractivity contribution in [3.8, 4) is 0 Å². The van der Waals surface area contributed by atoms with E-state index in [4.69, 9.17) is 10.8 Å². The number of carbonyl (C=O) groups is 2. The van der Waals surface area contributed by atoms with E-state index in [0.717, 1.165) is 19.3 Å². The van der Waals surface area contributed by atoms with Gasteiger partial charge in [-0.05, 0) is 12.8 Å². The zero-order valence-electron chi connectivity index (χ0n) is 38.2. The fourth-order valence-electron chi connectivity index (χ4n) is 8.71. The molecule has 56 heavy (non-hydrogen) atoms. The number of amides is 1. The summed E-state index contributed by atoms with van der Waals surface area (Å²) >= 11 is 0. The molecular weight excluding hydrogens is 687 g/mol. The number of unbranched alkanes of at least 4 members (excludes halogenated alkanes) is 47. The zero-order chi connectivity index (χ0) is 40.5. The van der Waals surface area contributed by atoms with Gasteiger partial charge in [0.1, 0.15) is 0 Å². The van der Waals surface area contributed by atoms with Gasteiger partial charge in [0.2, 0.25) is 5.91 Å². The third kappa shape index (κ3) is 52.9. The minimum atomic E-state index is -0.648. The van der Waals surface area contributed by atoms with Crippen molar-refractivity contribution in [1.29, 1.82) is 0 Å². The van der Waals surface area contributed by atoms with Gasteiger partial charge in [-0.2, -0.15) is 0 Å². The van der Waals surface area contributed by atoms with Gasteiger partial charge in [0.15, 0.2) is 0 Å². The molecule has 4 heteroatoms. The molecule has 0 aliphatic carbocycles. The monoisotopic (exact) mass is 790 g/mol. The third-order valence-electron chi connectivity index (χ3n) is 12.6. The molecule has 0 aromatic carbocycles. The van der Waals surface area contributed by atoms with Crippen LogP contribution in [0.3, 0.4) is 0 Å². The highest BCUT2D eigenvalue weighted by molar-refractivity contribution is 5.73. The minimum Gasteiger partial charge on any atom is -0.481 e. The molecule has 0 rings (SSSR count). The van der Waals surface area contributed by atoms with Crippen molar-refractivity contribution in [2.24, 2.45) is 5.73 Å². The standard InChI is InChI=1S/C52H103NO3/c53-51(54)49-47-45-43-41-39-37-35-33-31-29-27-25-23-21-19-17-15-13-11-9-7-5-3-1-2-4-6-8-10-12-14-16-18-20-22-24-26-28-30-32-34-36-38-40-42-44-46-48-50-52(55)56/h1-50H2,(H2,53,54)(H,55,56). The van der Waals surface area contributed by atoms with Gasteiger partial charge < -0.3 is 10.8 Å². The van der Waals surface area contributed by atoms with Crippen molar-refractivity contribution < 1.29 is 14.7 Å². The number of carboxylic acids is 1. The number of carbonyl (C=O) groups excluding carboxylic acids is 1. The molecule has 0 saturated carbocycles. The molecule has 0 aromatic rings. The van der Waals surface area contributed by atoms with E-state index < -0.39 is 5.97 Å². The lowest BCUT2D eigenvalue weighted by molar-refractivity contribution is -0.137. The van der Waals surface area contributed by atoms with Crippen molar-refractivity contribution >= 4 is 11.9 Å². The van der Waals surface area contributed by atoms with Crippen molar-refractivity contribution in [1.82, 2.24) is 0 Å². The summed E-state index contributed by atoms with van der Waals surface area (Å²) in [7, 11) is 0. The first-order valence-electron chi connectivity index (χ1n) is 26.1. The number of aliphatic carboxylic acids is 1. The van der Waals surface area contributed by atoms with Crippen molar-refractivity contribution in [3.05, 3.63) is 0 Å². The molecular formula is C52H103NO3. The molecule has 0 aliphatic heterocycles. The Labute approximate surface area is 352 Å². The van der Waals surface area contributed by atoms with Gasteiger partial charge in [-0.25, -0.2) is 0 Å². The van der Waals surface area contributed by atoms with Crippen LogP contribution in [0.4, 0.5) is 0 Å². The third-order valence-corrected chi connectivity index (χ3v) is 12.6. The van der Waals surface area contributed by atoms with E-state index in [1.165, 1.54) is 289 Å². The summed E-state index contributed by atoms with van der Waals surface area (Å²) in [5.74, 6) is -0.798. The number of hydrogen-bond acceptors (Lipinski definition) is 2. The second-order valence-electron chi connectivity index (χ2n) is 18.3. The maximum Gasteiger partial charge on any atom is 0.303 e. The summed E-state index contributed by atoms with van der Waals surface area (Å²) in [5.41, 5.74) is 5.19. The molecule has 0 radical (unpaired) electrons. The Balaban J connectivity index is 3.06. The highest BCUT2D eigenvalue weighted by atomic mass is 16.4. The maximum atomic E-state index is 10.7. The number of rotatable bonds is 51. The van der Waals surface area contributed by atoms with E-state index in [-0.39, 0.29) is 5.91 Å². The van der Waals surface area contributed by atoms with E-state index in [0.29, 0.717) is 12.8 Å². The Morgan fingerprint density at radius 3 is 0.429 bits per heavy atom. The molecule has 0 fully saturated rings. The van der Waals surface area contributed by atoms with E-state index in [9.17, 15) is 9.59 Å². The Bertz CT molecular complexity index is 692. The molecule has 4 nitrogen and oxygen atoms in total. The molecule has 0 heterocycles. The SMILES string of the molecule is NC(=O)CCCCCCCCCCCCCCCCCCCCCCCCCCCCCCCCCCCCCCCCCCCCCCCCCCC(=O)O. The number of carboxylic acid groups (broad SMARTS) is 1. The van der Waals surface area contributed by atoms with Gasteiger partial charge in [-0.3, -0.25) is 9.59 Å². The quantitative estimate of drug-likeness (QED) is 0.0602. The highest BCUT2D eigenvalue weighted by Crippen LogP contribution is 2.19. The van der Waals surface area contributed by atoms with Gasteiger partial charge in [-0.1, -0.05) is 295 Å². The Morgan fingerprint density at radius 1 is 0.214 bits per heavy atom. The lowest BCUT2D eigenvalue weighted by atomic mass is 10.0. The molecule has 0 saturated heterocycles. The largest absolute Gasteiger partial charge is 0.481 e.